The van der Waals surface area contributed by atoms with E-state index in [1.54, 1.807) is 35.6 Å². The molecule has 0 spiro atoms. The molecule has 0 radical (unpaired) electrons. The minimum absolute atomic E-state index is 0.0146. The molecule has 1 aliphatic heterocycles. The molecule has 1 fully saturated rings. The van der Waals surface area contributed by atoms with Crippen LogP contribution in [0.25, 0.3) is 10.9 Å². The molecular formula is C21H23N3O4S. The van der Waals surface area contributed by atoms with Crippen molar-refractivity contribution in [2.24, 2.45) is 0 Å². The van der Waals surface area contributed by atoms with Gasteiger partial charge in [-0.1, -0.05) is 12.1 Å². The van der Waals surface area contributed by atoms with Crippen LogP contribution in [0, 0.1) is 6.92 Å². The number of fused-ring (bicyclic) bond motifs is 1. The number of rotatable bonds is 5. The number of benzene rings is 1. The molecule has 1 aromatic carbocycles. The fourth-order valence-corrected chi connectivity index (χ4v) is 5.20. The fourth-order valence-electron chi connectivity index (χ4n) is 3.61. The van der Waals surface area contributed by atoms with Gasteiger partial charge in [0.05, 0.1) is 11.8 Å². The molecule has 2 aromatic heterocycles. The van der Waals surface area contributed by atoms with Crippen LogP contribution < -0.4 is 0 Å². The van der Waals surface area contributed by atoms with E-state index in [1.165, 1.54) is 4.31 Å². The summed E-state index contributed by atoms with van der Waals surface area (Å²) >= 11 is 0. The van der Waals surface area contributed by atoms with E-state index in [0.717, 1.165) is 16.7 Å². The van der Waals surface area contributed by atoms with Gasteiger partial charge in [0.15, 0.2) is 0 Å². The Morgan fingerprint density at radius 1 is 1.14 bits per heavy atom. The van der Waals surface area contributed by atoms with Gasteiger partial charge in [0.25, 0.3) is 0 Å². The Kier molecular flexibility index (Phi) is 5.38. The van der Waals surface area contributed by atoms with Gasteiger partial charge in [-0.15, -0.1) is 0 Å². The van der Waals surface area contributed by atoms with Gasteiger partial charge in [-0.25, -0.2) is 8.42 Å². The Labute approximate surface area is 170 Å². The number of furan rings is 1. The number of hydrogen-bond donors (Lipinski definition) is 0. The van der Waals surface area contributed by atoms with Crippen molar-refractivity contribution in [1.82, 2.24) is 14.2 Å². The number of carbonyl (C=O) groups excluding carboxylic acids is 1. The maximum absolute atomic E-state index is 13.2. The standard InChI is InChI=1S/C21H23N3O4S/c1-16-14-17-4-2-6-19(21(17)22-15-16)29(26,27)24-11-9-23(10-12-24)20(25)8-7-18-5-3-13-28-18/h2-6,13-15H,7-12H2,1H3. The highest BCUT2D eigenvalue weighted by molar-refractivity contribution is 7.89. The van der Waals surface area contributed by atoms with Crippen LogP contribution in [0.3, 0.4) is 0 Å². The number of carbonyl (C=O) groups is 1. The quantitative estimate of drug-likeness (QED) is 0.642. The second kappa shape index (κ2) is 7.96. The zero-order valence-corrected chi connectivity index (χ0v) is 17.1. The molecule has 152 valence electrons. The molecule has 0 unspecified atom stereocenters. The maximum Gasteiger partial charge on any atom is 0.245 e. The first-order valence-electron chi connectivity index (χ1n) is 9.61. The van der Waals surface area contributed by atoms with Gasteiger partial charge in [-0.3, -0.25) is 9.78 Å². The number of amides is 1. The largest absolute Gasteiger partial charge is 0.469 e. The molecule has 1 amide bonds. The summed E-state index contributed by atoms with van der Waals surface area (Å²) in [6.07, 6.45) is 4.17. The highest BCUT2D eigenvalue weighted by Crippen LogP contribution is 2.25. The van der Waals surface area contributed by atoms with Gasteiger partial charge >= 0.3 is 0 Å². The second-order valence-corrected chi connectivity index (χ2v) is 9.11. The molecule has 8 heteroatoms. The molecule has 0 saturated carbocycles. The van der Waals surface area contributed by atoms with E-state index < -0.39 is 10.0 Å². The summed E-state index contributed by atoms with van der Waals surface area (Å²) in [5.41, 5.74) is 1.46. The molecule has 0 atom stereocenters. The molecule has 4 rings (SSSR count). The number of hydrogen-bond acceptors (Lipinski definition) is 5. The molecule has 0 N–H and O–H groups in total. The third-order valence-electron chi connectivity index (χ3n) is 5.19. The van der Waals surface area contributed by atoms with Crippen LogP contribution in [0.15, 0.2) is 58.2 Å². The number of aromatic nitrogens is 1. The highest BCUT2D eigenvalue weighted by Gasteiger charge is 2.31. The van der Waals surface area contributed by atoms with Crippen molar-refractivity contribution in [1.29, 1.82) is 0 Å². The van der Waals surface area contributed by atoms with Gasteiger partial charge < -0.3 is 9.32 Å². The summed E-state index contributed by atoms with van der Waals surface area (Å²) in [4.78, 5) is 18.7. The van der Waals surface area contributed by atoms with Crippen LogP contribution in [0.2, 0.25) is 0 Å². The van der Waals surface area contributed by atoms with Crippen molar-refractivity contribution in [3.05, 3.63) is 60.2 Å². The van der Waals surface area contributed by atoms with E-state index in [1.807, 2.05) is 25.1 Å². The van der Waals surface area contributed by atoms with Gasteiger partial charge in [0.1, 0.15) is 10.7 Å². The first-order chi connectivity index (χ1) is 13.9. The highest BCUT2D eigenvalue weighted by atomic mass is 32.2. The van der Waals surface area contributed by atoms with Gasteiger partial charge in [0, 0.05) is 50.6 Å². The van der Waals surface area contributed by atoms with Gasteiger partial charge in [0.2, 0.25) is 15.9 Å². The van der Waals surface area contributed by atoms with Crippen molar-refractivity contribution in [3.8, 4) is 0 Å². The summed E-state index contributed by atoms with van der Waals surface area (Å²) in [5.74, 6) is 0.791. The zero-order chi connectivity index (χ0) is 20.4. The van der Waals surface area contributed by atoms with Crippen LogP contribution >= 0.6 is 0 Å². The first kappa shape index (κ1) is 19.6. The maximum atomic E-state index is 13.2. The minimum Gasteiger partial charge on any atom is -0.469 e. The van der Waals surface area contributed by atoms with Crippen LogP contribution in [0.1, 0.15) is 17.7 Å². The topological polar surface area (TPSA) is 83.7 Å². The Balaban J connectivity index is 1.44. The van der Waals surface area contributed by atoms with E-state index in [0.29, 0.717) is 31.4 Å². The molecule has 3 heterocycles. The predicted octanol–water partition coefficient (Wildman–Crippen LogP) is 2.60. The molecule has 1 aliphatic rings. The number of piperazine rings is 1. The lowest BCUT2D eigenvalue weighted by molar-refractivity contribution is -0.132. The lowest BCUT2D eigenvalue weighted by atomic mass is 10.2. The molecule has 0 aliphatic carbocycles. The van der Waals surface area contributed by atoms with Gasteiger partial charge in [-0.2, -0.15) is 4.31 Å². The number of para-hydroxylation sites is 1. The average molecular weight is 413 g/mol. The van der Waals surface area contributed by atoms with Gasteiger partial charge in [-0.05, 0) is 36.8 Å². The van der Waals surface area contributed by atoms with Crippen molar-refractivity contribution >= 4 is 26.8 Å². The summed E-state index contributed by atoms with van der Waals surface area (Å²) in [5, 5.41) is 0.804. The first-order valence-corrected chi connectivity index (χ1v) is 11.0. The predicted molar refractivity (Wildman–Crippen MR) is 109 cm³/mol. The second-order valence-electron chi connectivity index (χ2n) is 7.20. The van der Waals surface area contributed by atoms with Crippen molar-refractivity contribution < 1.29 is 17.6 Å². The molecule has 7 nitrogen and oxygen atoms in total. The molecule has 1 saturated heterocycles. The van der Waals surface area contributed by atoms with E-state index >= 15 is 0 Å². The Morgan fingerprint density at radius 3 is 2.66 bits per heavy atom. The molecule has 29 heavy (non-hydrogen) atoms. The van der Waals surface area contributed by atoms with Crippen molar-refractivity contribution in [2.45, 2.75) is 24.7 Å². The summed E-state index contributed by atoms with van der Waals surface area (Å²) < 4.78 is 33.1. The Hall–Kier alpha value is -2.71. The number of sulfonamides is 1. The molecule has 0 bridgehead atoms. The van der Waals surface area contributed by atoms with Crippen molar-refractivity contribution in [3.63, 3.8) is 0 Å². The SMILES string of the molecule is Cc1cnc2c(S(=O)(=O)N3CCN(C(=O)CCc4ccco4)CC3)cccc2c1. The fraction of sp³-hybridized carbons (Fsp3) is 0.333. The third kappa shape index (κ3) is 4.04. The summed E-state index contributed by atoms with van der Waals surface area (Å²) in [6.45, 7) is 3.24. The van der Waals surface area contributed by atoms with Crippen LogP contribution in [-0.2, 0) is 21.2 Å². The zero-order valence-electron chi connectivity index (χ0n) is 16.2. The summed E-state index contributed by atoms with van der Waals surface area (Å²) in [6, 6.07) is 10.8. The van der Waals surface area contributed by atoms with E-state index in [-0.39, 0.29) is 23.9 Å². The molecule has 3 aromatic rings. The molecular weight excluding hydrogens is 390 g/mol. The number of nitrogens with zero attached hydrogens (tertiary/aromatic N) is 3. The van der Waals surface area contributed by atoms with E-state index in [2.05, 4.69) is 4.98 Å². The Morgan fingerprint density at radius 2 is 1.93 bits per heavy atom. The average Bonchev–Trinajstić information content (AvgIpc) is 3.25. The number of aryl methyl sites for hydroxylation is 2. The monoisotopic (exact) mass is 413 g/mol. The number of pyridine rings is 1. The third-order valence-corrected chi connectivity index (χ3v) is 7.12. The lowest BCUT2D eigenvalue weighted by Gasteiger charge is -2.34. The normalized spacial score (nSPS) is 15.7. The van der Waals surface area contributed by atoms with Crippen LogP contribution in [0.5, 0.6) is 0 Å². The van der Waals surface area contributed by atoms with E-state index in [4.69, 9.17) is 4.42 Å². The lowest BCUT2D eigenvalue weighted by Crippen LogP contribution is -2.50. The van der Waals surface area contributed by atoms with Crippen molar-refractivity contribution in [2.75, 3.05) is 26.2 Å². The Bertz CT molecular complexity index is 1120. The smallest absolute Gasteiger partial charge is 0.245 e. The van der Waals surface area contributed by atoms with Crippen LogP contribution in [0.4, 0.5) is 0 Å². The minimum atomic E-state index is -3.68. The van der Waals surface area contributed by atoms with Crippen LogP contribution in [-0.4, -0.2) is 54.7 Å². The van der Waals surface area contributed by atoms with E-state index in [9.17, 15) is 13.2 Å². The summed E-state index contributed by atoms with van der Waals surface area (Å²) in [7, 11) is -3.68.